The van der Waals surface area contributed by atoms with Gasteiger partial charge in [-0.2, -0.15) is 5.10 Å². The molecule has 1 amide bonds. The summed E-state index contributed by atoms with van der Waals surface area (Å²) in [4.78, 5) is 14.5. The Kier molecular flexibility index (Phi) is 6.68. The minimum absolute atomic E-state index is 0.161. The van der Waals surface area contributed by atoms with E-state index in [-0.39, 0.29) is 18.3 Å². The molecule has 0 fully saturated rings. The maximum Gasteiger partial charge on any atom is 0.239 e. The number of amides is 1. The highest BCUT2D eigenvalue weighted by atomic mass is 19.1. The summed E-state index contributed by atoms with van der Waals surface area (Å²) in [6, 6.07) is 13.3. The Balaban J connectivity index is 1.69. The third-order valence-electron chi connectivity index (χ3n) is 4.51. The average molecular weight is 412 g/mol. The van der Waals surface area contributed by atoms with E-state index in [0.717, 1.165) is 11.3 Å². The SMILES string of the molecule is COc1cccc(CN(C)CC(=O)Nc2cc(C)nn2-c2ccc(F)cc2)c1OC. The van der Waals surface area contributed by atoms with E-state index in [4.69, 9.17) is 9.47 Å². The van der Waals surface area contributed by atoms with Gasteiger partial charge in [0.25, 0.3) is 0 Å². The Hall–Kier alpha value is -3.39. The smallest absolute Gasteiger partial charge is 0.239 e. The number of likely N-dealkylation sites (N-methyl/N-ethyl adjacent to an activating group) is 1. The summed E-state index contributed by atoms with van der Waals surface area (Å²) >= 11 is 0. The Morgan fingerprint density at radius 3 is 2.57 bits per heavy atom. The number of benzene rings is 2. The summed E-state index contributed by atoms with van der Waals surface area (Å²) in [6.45, 7) is 2.49. The first-order valence-corrected chi connectivity index (χ1v) is 9.42. The molecule has 8 heteroatoms. The fraction of sp³-hybridized carbons (Fsp3) is 0.273. The largest absolute Gasteiger partial charge is 0.493 e. The van der Waals surface area contributed by atoms with Crippen molar-refractivity contribution < 1.29 is 18.7 Å². The lowest BCUT2D eigenvalue weighted by molar-refractivity contribution is -0.117. The number of hydrogen-bond donors (Lipinski definition) is 1. The van der Waals surface area contributed by atoms with Crippen LogP contribution in [0.4, 0.5) is 10.2 Å². The van der Waals surface area contributed by atoms with Crippen molar-refractivity contribution in [3.63, 3.8) is 0 Å². The molecule has 0 aliphatic carbocycles. The standard InChI is InChI=1S/C22H25FN4O3/c1-15-12-20(27(25-15)18-10-8-17(23)9-11-18)24-21(28)14-26(2)13-16-6-5-7-19(29-3)22(16)30-4/h5-12H,13-14H2,1-4H3,(H,24,28). The highest BCUT2D eigenvalue weighted by Gasteiger charge is 2.15. The van der Waals surface area contributed by atoms with Crippen LogP contribution in [0.3, 0.4) is 0 Å². The van der Waals surface area contributed by atoms with Gasteiger partial charge in [0.05, 0.1) is 32.1 Å². The van der Waals surface area contributed by atoms with Crippen molar-refractivity contribution in [1.29, 1.82) is 0 Å². The van der Waals surface area contributed by atoms with E-state index in [2.05, 4.69) is 10.4 Å². The molecule has 0 spiro atoms. The molecule has 158 valence electrons. The van der Waals surface area contributed by atoms with E-state index in [1.54, 1.807) is 37.1 Å². The molecule has 0 atom stereocenters. The predicted octanol–water partition coefficient (Wildman–Crippen LogP) is 3.41. The Labute approximate surface area is 175 Å². The van der Waals surface area contributed by atoms with E-state index in [9.17, 15) is 9.18 Å². The number of para-hydroxylation sites is 1. The summed E-state index contributed by atoms with van der Waals surface area (Å²) in [5.74, 6) is 1.30. The van der Waals surface area contributed by atoms with Crippen LogP contribution in [0.25, 0.3) is 5.69 Å². The number of rotatable bonds is 8. The third-order valence-corrected chi connectivity index (χ3v) is 4.51. The van der Waals surface area contributed by atoms with Gasteiger partial charge in [-0.1, -0.05) is 12.1 Å². The van der Waals surface area contributed by atoms with Gasteiger partial charge in [0, 0.05) is 18.2 Å². The van der Waals surface area contributed by atoms with Crippen molar-refractivity contribution in [2.75, 3.05) is 33.1 Å². The second kappa shape index (κ2) is 9.41. The number of nitrogens with one attached hydrogen (secondary N) is 1. The molecule has 0 saturated heterocycles. The van der Waals surface area contributed by atoms with E-state index in [1.807, 2.05) is 37.1 Å². The summed E-state index contributed by atoms with van der Waals surface area (Å²) in [5.41, 5.74) is 2.32. The molecule has 0 bridgehead atoms. The van der Waals surface area contributed by atoms with Gasteiger partial charge in [-0.15, -0.1) is 0 Å². The summed E-state index contributed by atoms with van der Waals surface area (Å²) < 4.78 is 25.6. The predicted molar refractivity (Wildman–Crippen MR) is 113 cm³/mol. The summed E-state index contributed by atoms with van der Waals surface area (Å²) in [7, 11) is 5.03. The number of carbonyl (C=O) groups is 1. The summed E-state index contributed by atoms with van der Waals surface area (Å²) in [6.07, 6.45) is 0. The zero-order valence-corrected chi connectivity index (χ0v) is 17.5. The Bertz CT molecular complexity index is 1020. The lowest BCUT2D eigenvalue weighted by Crippen LogP contribution is -2.30. The highest BCUT2D eigenvalue weighted by Crippen LogP contribution is 2.31. The average Bonchev–Trinajstić information content (AvgIpc) is 3.07. The first-order valence-electron chi connectivity index (χ1n) is 9.42. The van der Waals surface area contributed by atoms with Gasteiger partial charge in [-0.05, 0) is 44.3 Å². The van der Waals surface area contributed by atoms with E-state index < -0.39 is 0 Å². The normalized spacial score (nSPS) is 10.9. The van der Waals surface area contributed by atoms with Crippen LogP contribution >= 0.6 is 0 Å². The molecule has 7 nitrogen and oxygen atoms in total. The van der Waals surface area contributed by atoms with Gasteiger partial charge in [-0.25, -0.2) is 9.07 Å². The fourth-order valence-corrected chi connectivity index (χ4v) is 3.22. The molecule has 1 heterocycles. The monoisotopic (exact) mass is 412 g/mol. The van der Waals surface area contributed by atoms with Crippen LogP contribution in [0.15, 0.2) is 48.5 Å². The van der Waals surface area contributed by atoms with Gasteiger partial charge >= 0.3 is 0 Å². The number of aromatic nitrogens is 2. The van der Waals surface area contributed by atoms with E-state index in [1.165, 1.54) is 12.1 Å². The number of anilines is 1. The van der Waals surface area contributed by atoms with Crippen molar-refractivity contribution in [1.82, 2.24) is 14.7 Å². The maximum absolute atomic E-state index is 13.2. The molecule has 0 aliphatic heterocycles. The molecule has 0 unspecified atom stereocenters. The first kappa shape index (κ1) is 21.3. The van der Waals surface area contributed by atoms with Crippen molar-refractivity contribution in [3.05, 3.63) is 65.6 Å². The molecule has 3 rings (SSSR count). The third kappa shape index (κ3) is 4.96. The van der Waals surface area contributed by atoms with Crippen LogP contribution in [0.5, 0.6) is 11.5 Å². The number of carbonyl (C=O) groups excluding carboxylic acids is 1. The minimum Gasteiger partial charge on any atom is -0.493 e. The number of methoxy groups -OCH3 is 2. The molecule has 2 aromatic carbocycles. The number of halogens is 1. The molecule has 1 aromatic heterocycles. The maximum atomic E-state index is 13.2. The van der Waals surface area contributed by atoms with Crippen molar-refractivity contribution >= 4 is 11.7 Å². The number of hydrogen-bond acceptors (Lipinski definition) is 5. The zero-order chi connectivity index (χ0) is 21.7. The van der Waals surface area contributed by atoms with Crippen LogP contribution < -0.4 is 14.8 Å². The minimum atomic E-state index is -0.331. The number of nitrogens with zero attached hydrogens (tertiary/aromatic N) is 3. The Morgan fingerprint density at radius 2 is 1.90 bits per heavy atom. The quantitative estimate of drug-likeness (QED) is 0.614. The van der Waals surface area contributed by atoms with Crippen molar-refractivity contribution in [2.45, 2.75) is 13.5 Å². The molecular formula is C22H25FN4O3. The van der Waals surface area contributed by atoms with Crippen LogP contribution in [0, 0.1) is 12.7 Å². The van der Waals surface area contributed by atoms with Gasteiger partial charge in [0.1, 0.15) is 11.6 Å². The second-order valence-electron chi connectivity index (χ2n) is 6.93. The molecule has 1 N–H and O–H groups in total. The van der Waals surface area contributed by atoms with Crippen molar-refractivity contribution in [2.24, 2.45) is 0 Å². The number of aryl methyl sites for hydroxylation is 1. The van der Waals surface area contributed by atoms with Crippen LogP contribution in [0.2, 0.25) is 0 Å². The lowest BCUT2D eigenvalue weighted by atomic mass is 10.1. The van der Waals surface area contributed by atoms with Gasteiger partial charge in [-0.3, -0.25) is 9.69 Å². The molecule has 30 heavy (non-hydrogen) atoms. The van der Waals surface area contributed by atoms with Crippen LogP contribution in [-0.2, 0) is 11.3 Å². The zero-order valence-electron chi connectivity index (χ0n) is 17.5. The first-order chi connectivity index (χ1) is 14.4. The van der Waals surface area contributed by atoms with Gasteiger partial charge < -0.3 is 14.8 Å². The van der Waals surface area contributed by atoms with Crippen molar-refractivity contribution in [3.8, 4) is 17.2 Å². The number of ether oxygens (including phenoxy) is 2. The highest BCUT2D eigenvalue weighted by molar-refractivity contribution is 5.91. The molecule has 0 saturated carbocycles. The molecule has 3 aromatic rings. The molecular weight excluding hydrogens is 387 g/mol. The molecule has 0 aliphatic rings. The lowest BCUT2D eigenvalue weighted by Gasteiger charge is -2.19. The van der Waals surface area contributed by atoms with Gasteiger partial charge in [0.2, 0.25) is 5.91 Å². The fourth-order valence-electron chi connectivity index (χ4n) is 3.22. The van der Waals surface area contributed by atoms with Crippen LogP contribution in [-0.4, -0.2) is 48.4 Å². The van der Waals surface area contributed by atoms with E-state index >= 15 is 0 Å². The Morgan fingerprint density at radius 1 is 1.17 bits per heavy atom. The van der Waals surface area contributed by atoms with Gasteiger partial charge in [0.15, 0.2) is 11.5 Å². The second-order valence-corrected chi connectivity index (χ2v) is 6.93. The van der Waals surface area contributed by atoms with Crippen LogP contribution in [0.1, 0.15) is 11.3 Å². The summed E-state index contributed by atoms with van der Waals surface area (Å²) in [5, 5.41) is 7.27. The van der Waals surface area contributed by atoms with E-state index in [0.29, 0.717) is 29.5 Å². The molecule has 0 radical (unpaired) electrons. The topological polar surface area (TPSA) is 68.6 Å².